The van der Waals surface area contributed by atoms with Crippen molar-refractivity contribution in [1.82, 2.24) is 25.0 Å². The maximum Gasteiger partial charge on any atom is 0.176 e. The highest BCUT2D eigenvalue weighted by molar-refractivity contribution is 5.56. The first kappa shape index (κ1) is 11.5. The zero-order valence-electron chi connectivity index (χ0n) is 10.5. The normalized spacial score (nSPS) is 10.6. The number of pyridine rings is 1. The van der Waals surface area contributed by atoms with E-state index in [1.165, 1.54) is 0 Å². The van der Waals surface area contributed by atoms with Crippen molar-refractivity contribution in [2.45, 2.75) is 13.5 Å². The number of rotatable bonds is 4. The molecule has 0 atom stereocenters. The Morgan fingerprint density at radius 1 is 1.32 bits per heavy atom. The molecule has 0 amide bonds. The summed E-state index contributed by atoms with van der Waals surface area (Å²) in [6.07, 6.45) is 7.19. The van der Waals surface area contributed by atoms with Gasteiger partial charge in [0.2, 0.25) is 0 Å². The fraction of sp³-hybridized carbons (Fsp3) is 0.154. The lowest BCUT2D eigenvalue weighted by atomic mass is 10.2. The number of aryl methyl sites for hydroxylation is 1. The lowest BCUT2D eigenvalue weighted by Crippen LogP contribution is -2.06. The zero-order valence-corrected chi connectivity index (χ0v) is 10.5. The van der Waals surface area contributed by atoms with Crippen molar-refractivity contribution >= 4 is 5.69 Å². The Kier molecular flexibility index (Phi) is 2.97. The van der Waals surface area contributed by atoms with Gasteiger partial charge < -0.3 is 5.32 Å². The van der Waals surface area contributed by atoms with Gasteiger partial charge >= 0.3 is 0 Å². The predicted molar refractivity (Wildman–Crippen MR) is 72.0 cm³/mol. The lowest BCUT2D eigenvalue weighted by molar-refractivity contribution is 0.846. The van der Waals surface area contributed by atoms with Crippen LogP contribution >= 0.6 is 0 Å². The molecule has 0 aromatic carbocycles. The molecule has 0 unspecified atom stereocenters. The molecule has 6 heteroatoms. The summed E-state index contributed by atoms with van der Waals surface area (Å²) in [5.74, 6) is 0.786. The molecule has 6 nitrogen and oxygen atoms in total. The zero-order chi connectivity index (χ0) is 13.1. The highest BCUT2D eigenvalue weighted by atomic mass is 15.3. The second-order valence-corrected chi connectivity index (χ2v) is 4.20. The number of anilines is 1. The highest BCUT2D eigenvalue weighted by Crippen LogP contribution is 2.17. The minimum absolute atomic E-state index is 0.697. The quantitative estimate of drug-likeness (QED) is 0.746. The van der Waals surface area contributed by atoms with Crippen molar-refractivity contribution in [3.8, 4) is 5.82 Å². The molecule has 3 heterocycles. The molecule has 0 fully saturated rings. The van der Waals surface area contributed by atoms with Crippen LogP contribution in [0.4, 0.5) is 5.69 Å². The molecule has 0 spiro atoms. The Bertz CT molecular complexity index is 655. The minimum atomic E-state index is 0.697. The molecule has 0 aliphatic rings. The maximum atomic E-state index is 4.36. The topological polar surface area (TPSA) is 71.4 Å². The monoisotopic (exact) mass is 254 g/mol. The maximum absolute atomic E-state index is 4.36. The fourth-order valence-corrected chi connectivity index (χ4v) is 1.86. The van der Waals surface area contributed by atoms with Crippen molar-refractivity contribution in [3.63, 3.8) is 0 Å². The van der Waals surface area contributed by atoms with E-state index in [1.54, 1.807) is 17.1 Å². The van der Waals surface area contributed by atoms with Gasteiger partial charge in [0.15, 0.2) is 5.82 Å². The third-order valence-corrected chi connectivity index (χ3v) is 2.91. The predicted octanol–water partition coefficient (Wildman–Crippen LogP) is 1.91. The lowest BCUT2D eigenvalue weighted by Gasteiger charge is -2.10. The van der Waals surface area contributed by atoms with Gasteiger partial charge in [-0.25, -0.2) is 9.67 Å². The van der Waals surface area contributed by atoms with Crippen molar-refractivity contribution in [2.24, 2.45) is 0 Å². The molecule has 0 saturated carbocycles. The highest BCUT2D eigenvalue weighted by Gasteiger charge is 2.06. The van der Waals surface area contributed by atoms with Gasteiger partial charge in [0.05, 0.1) is 11.9 Å². The Morgan fingerprint density at radius 2 is 2.26 bits per heavy atom. The van der Waals surface area contributed by atoms with Crippen LogP contribution < -0.4 is 5.32 Å². The molecule has 0 bridgehead atoms. The number of nitrogens with one attached hydrogen (secondary N) is 2. The number of aromatic nitrogens is 5. The van der Waals surface area contributed by atoms with Crippen LogP contribution in [0.2, 0.25) is 0 Å². The second-order valence-electron chi connectivity index (χ2n) is 4.20. The third kappa shape index (κ3) is 2.33. The first-order valence-electron chi connectivity index (χ1n) is 6.02. The molecule has 96 valence electrons. The summed E-state index contributed by atoms with van der Waals surface area (Å²) in [4.78, 5) is 4.36. The Balaban J connectivity index is 1.84. The SMILES string of the molecule is Cc1[nH]ncc1CNc1cccnc1-n1cccn1. The second kappa shape index (κ2) is 4.93. The van der Waals surface area contributed by atoms with Crippen molar-refractivity contribution in [3.05, 3.63) is 54.2 Å². The van der Waals surface area contributed by atoms with Gasteiger partial charge in [-0.15, -0.1) is 0 Å². The summed E-state index contributed by atoms with van der Waals surface area (Å²) >= 11 is 0. The van der Waals surface area contributed by atoms with E-state index < -0.39 is 0 Å². The first-order chi connectivity index (χ1) is 9.34. The van der Waals surface area contributed by atoms with E-state index in [0.29, 0.717) is 6.54 Å². The van der Waals surface area contributed by atoms with Gasteiger partial charge in [-0.05, 0) is 25.1 Å². The summed E-state index contributed by atoms with van der Waals surface area (Å²) < 4.78 is 1.74. The van der Waals surface area contributed by atoms with Gasteiger partial charge in [0, 0.05) is 36.4 Å². The molecule has 2 N–H and O–H groups in total. The smallest absolute Gasteiger partial charge is 0.176 e. The Morgan fingerprint density at radius 3 is 3.00 bits per heavy atom. The van der Waals surface area contributed by atoms with Gasteiger partial charge in [-0.1, -0.05) is 0 Å². The van der Waals surface area contributed by atoms with Crippen LogP contribution in [0.1, 0.15) is 11.3 Å². The molecular formula is C13H14N6. The number of nitrogens with zero attached hydrogens (tertiary/aromatic N) is 4. The molecule has 3 aromatic rings. The van der Waals surface area contributed by atoms with E-state index in [2.05, 4.69) is 25.6 Å². The van der Waals surface area contributed by atoms with Gasteiger partial charge in [-0.2, -0.15) is 10.2 Å². The first-order valence-corrected chi connectivity index (χ1v) is 6.02. The van der Waals surface area contributed by atoms with Crippen LogP contribution in [-0.2, 0) is 6.54 Å². The van der Waals surface area contributed by atoms with E-state index in [9.17, 15) is 0 Å². The molecule has 0 aliphatic heterocycles. The number of hydrogen-bond acceptors (Lipinski definition) is 4. The van der Waals surface area contributed by atoms with E-state index in [4.69, 9.17) is 0 Å². The van der Waals surface area contributed by atoms with Crippen LogP contribution in [0.3, 0.4) is 0 Å². The fourth-order valence-electron chi connectivity index (χ4n) is 1.86. The summed E-state index contributed by atoms with van der Waals surface area (Å²) in [5.41, 5.74) is 3.14. The average Bonchev–Trinajstić information content (AvgIpc) is 3.08. The Hall–Kier alpha value is -2.63. The van der Waals surface area contributed by atoms with Crippen LogP contribution in [0, 0.1) is 6.92 Å². The van der Waals surface area contributed by atoms with Gasteiger partial charge in [0.25, 0.3) is 0 Å². The van der Waals surface area contributed by atoms with Crippen LogP contribution in [0.15, 0.2) is 43.0 Å². The van der Waals surface area contributed by atoms with E-state index >= 15 is 0 Å². The summed E-state index contributed by atoms with van der Waals surface area (Å²) in [7, 11) is 0. The number of H-pyrrole nitrogens is 1. The minimum Gasteiger partial charge on any atom is -0.378 e. The molecule has 3 rings (SSSR count). The van der Waals surface area contributed by atoms with E-state index in [-0.39, 0.29) is 0 Å². The van der Waals surface area contributed by atoms with Crippen molar-refractivity contribution in [2.75, 3.05) is 5.32 Å². The standard InChI is InChI=1S/C13H14N6/c1-10-11(9-16-18-10)8-15-12-4-2-5-14-13(12)19-7-3-6-17-19/h2-7,9,15H,8H2,1H3,(H,16,18). The van der Waals surface area contributed by atoms with Gasteiger partial charge in [0.1, 0.15) is 0 Å². The third-order valence-electron chi connectivity index (χ3n) is 2.91. The van der Waals surface area contributed by atoms with E-state index in [1.807, 2.05) is 37.5 Å². The molecule has 0 saturated heterocycles. The van der Waals surface area contributed by atoms with Crippen LogP contribution in [0.5, 0.6) is 0 Å². The molecule has 3 aromatic heterocycles. The molecule has 0 radical (unpaired) electrons. The summed E-state index contributed by atoms with van der Waals surface area (Å²) in [6, 6.07) is 5.76. The van der Waals surface area contributed by atoms with Crippen molar-refractivity contribution in [1.29, 1.82) is 0 Å². The van der Waals surface area contributed by atoms with Crippen LogP contribution in [-0.4, -0.2) is 25.0 Å². The van der Waals surface area contributed by atoms with Gasteiger partial charge in [-0.3, -0.25) is 5.10 Å². The number of hydrogen-bond donors (Lipinski definition) is 2. The molecule has 19 heavy (non-hydrogen) atoms. The largest absolute Gasteiger partial charge is 0.378 e. The Labute approximate surface area is 110 Å². The molecule has 0 aliphatic carbocycles. The van der Waals surface area contributed by atoms with E-state index in [0.717, 1.165) is 22.8 Å². The van der Waals surface area contributed by atoms with Crippen molar-refractivity contribution < 1.29 is 0 Å². The van der Waals surface area contributed by atoms with Crippen LogP contribution in [0.25, 0.3) is 5.82 Å². The molecular weight excluding hydrogens is 240 g/mol. The average molecular weight is 254 g/mol. The summed E-state index contributed by atoms with van der Waals surface area (Å²) in [5, 5.41) is 14.5. The number of aromatic amines is 1. The summed E-state index contributed by atoms with van der Waals surface area (Å²) in [6.45, 7) is 2.70.